The summed E-state index contributed by atoms with van der Waals surface area (Å²) < 4.78 is 26.1. The van der Waals surface area contributed by atoms with Gasteiger partial charge in [-0.1, -0.05) is 13.8 Å². The molecule has 0 aliphatic rings. The molecule has 0 radical (unpaired) electrons. The summed E-state index contributed by atoms with van der Waals surface area (Å²) in [6.07, 6.45) is -1.43. The monoisotopic (exact) mass is 345 g/mol. The van der Waals surface area contributed by atoms with Crippen molar-refractivity contribution in [1.29, 1.82) is 0 Å². The van der Waals surface area contributed by atoms with Gasteiger partial charge in [-0.3, -0.25) is 9.52 Å². The minimum Gasteiger partial charge on any atom is -0.399 e. The Balaban J connectivity index is 2.51. The van der Waals surface area contributed by atoms with E-state index in [0.29, 0.717) is 11.4 Å². The maximum atomic E-state index is 11.9. The zero-order valence-corrected chi connectivity index (χ0v) is 13.9. The summed E-state index contributed by atoms with van der Waals surface area (Å²) in [5.41, 5.74) is 5.39. The van der Waals surface area contributed by atoms with Gasteiger partial charge in [0.05, 0.1) is 12.4 Å². The molecule has 0 heterocycles. The number of rotatable bonds is 8. The Morgan fingerprint density at radius 3 is 2.39 bits per heavy atom. The van der Waals surface area contributed by atoms with Crippen molar-refractivity contribution < 1.29 is 23.4 Å². The van der Waals surface area contributed by atoms with Gasteiger partial charge in [-0.05, 0) is 24.3 Å². The Labute approximate surface area is 135 Å². The number of nitrogen functional groups attached to an aromatic ring is 1. The van der Waals surface area contributed by atoms with Gasteiger partial charge in [0.1, 0.15) is 6.10 Å². The quantitative estimate of drug-likeness (QED) is 0.402. The van der Waals surface area contributed by atoms with Gasteiger partial charge in [-0.15, -0.1) is 0 Å². The fourth-order valence-corrected chi connectivity index (χ4v) is 2.60. The molecule has 0 unspecified atom stereocenters. The SMILES string of the molecule is CC(C)(CO)[C@@H](O)C(=O)NCCS(=O)(=O)Nc1ccc(N)cc1. The fourth-order valence-electron chi connectivity index (χ4n) is 1.63. The largest absolute Gasteiger partial charge is 0.399 e. The molecule has 1 amide bonds. The van der Waals surface area contributed by atoms with E-state index in [1.54, 1.807) is 12.1 Å². The first-order chi connectivity index (χ1) is 10.6. The summed E-state index contributed by atoms with van der Waals surface area (Å²) >= 11 is 0. The molecule has 0 aliphatic carbocycles. The third-order valence-electron chi connectivity index (χ3n) is 3.25. The number of aliphatic hydroxyl groups excluding tert-OH is 2. The molecule has 9 heteroatoms. The van der Waals surface area contributed by atoms with Crippen molar-refractivity contribution in [3.63, 3.8) is 0 Å². The van der Waals surface area contributed by atoms with Crippen LogP contribution in [0.2, 0.25) is 0 Å². The number of carbonyl (C=O) groups is 1. The Morgan fingerprint density at radius 2 is 1.87 bits per heavy atom. The number of carbonyl (C=O) groups excluding carboxylic acids is 1. The first kappa shape index (κ1) is 19.2. The summed E-state index contributed by atoms with van der Waals surface area (Å²) in [6.45, 7) is 2.51. The van der Waals surface area contributed by atoms with Crippen LogP contribution in [0.25, 0.3) is 0 Å². The second-order valence-corrected chi connectivity index (χ2v) is 7.73. The number of sulfonamides is 1. The van der Waals surface area contributed by atoms with Crippen LogP contribution in [-0.2, 0) is 14.8 Å². The van der Waals surface area contributed by atoms with Crippen molar-refractivity contribution in [2.45, 2.75) is 20.0 Å². The summed E-state index contributed by atoms with van der Waals surface area (Å²) in [5, 5.41) is 21.2. The normalized spacial score (nSPS) is 13.4. The van der Waals surface area contributed by atoms with Crippen molar-refractivity contribution in [3.8, 4) is 0 Å². The number of aliphatic hydroxyl groups is 2. The molecule has 0 aromatic heterocycles. The van der Waals surface area contributed by atoms with Crippen LogP contribution in [0.15, 0.2) is 24.3 Å². The van der Waals surface area contributed by atoms with Crippen LogP contribution < -0.4 is 15.8 Å². The lowest BCUT2D eigenvalue weighted by Gasteiger charge is -2.27. The van der Waals surface area contributed by atoms with Crippen molar-refractivity contribution in [2.75, 3.05) is 29.4 Å². The Morgan fingerprint density at radius 1 is 1.30 bits per heavy atom. The van der Waals surface area contributed by atoms with Crippen LogP contribution in [0.4, 0.5) is 11.4 Å². The van der Waals surface area contributed by atoms with Gasteiger partial charge in [-0.25, -0.2) is 8.42 Å². The van der Waals surface area contributed by atoms with Crippen molar-refractivity contribution >= 4 is 27.3 Å². The summed E-state index contributed by atoms with van der Waals surface area (Å²) in [5.74, 6) is -1.08. The smallest absolute Gasteiger partial charge is 0.249 e. The molecule has 1 aromatic carbocycles. The number of benzene rings is 1. The molecule has 0 aliphatic heterocycles. The topological polar surface area (TPSA) is 142 Å². The minimum absolute atomic E-state index is 0.165. The number of nitrogens with one attached hydrogen (secondary N) is 2. The average Bonchev–Trinajstić information content (AvgIpc) is 2.48. The van der Waals surface area contributed by atoms with Gasteiger partial charge < -0.3 is 21.3 Å². The first-order valence-corrected chi connectivity index (χ1v) is 8.65. The van der Waals surface area contributed by atoms with Gasteiger partial charge in [-0.2, -0.15) is 0 Å². The second-order valence-electron chi connectivity index (χ2n) is 5.88. The van der Waals surface area contributed by atoms with E-state index >= 15 is 0 Å². The lowest BCUT2D eigenvalue weighted by molar-refractivity contribution is -0.136. The molecule has 1 atom stereocenters. The van der Waals surface area contributed by atoms with Crippen molar-refractivity contribution in [1.82, 2.24) is 5.32 Å². The van der Waals surface area contributed by atoms with E-state index in [0.717, 1.165) is 0 Å². The predicted octanol–water partition coefficient (Wildman–Crippen LogP) is -0.494. The van der Waals surface area contributed by atoms with E-state index in [2.05, 4.69) is 10.0 Å². The molecular weight excluding hydrogens is 322 g/mol. The van der Waals surface area contributed by atoms with E-state index in [1.807, 2.05) is 0 Å². The zero-order valence-electron chi connectivity index (χ0n) is 13.1. The molecule has 0 saturated carbocycles. The maximum Gasteiger partial charge on any atom is 0.249 e. The van der Waals surface area contributed by atoms with E-state index in [9.17, 15) is 18.3 Å². The highest BCUT2D eigenvalue weighted by molar-refractivity contribution is 7.92. The Bertz CT molecular complexity index is 628. The van der Waals surface area contributed by atoms with E-state index < -0.39 is 27.4 Å². The third kappa shape index (κ3) is 6.05. The summed E-state index contributed by atoms with van der Waals surface area (Å²) in [7, 11) is -3.65. The highest BCUT2D eigenvalue weighted by Gasteiger charge is 2.32. The fraction of sp³-hybridized carbons (Fsp3) is 0.500. The van der Waals surface area contributed by atoms with Gasteiger partial charge in [0.25, 0.3) is 0 Å². The average molecular weight is 345 g/mol. The number of anilines is 2. The highest BCUT2D eigenvalue weighted by Crippen LogP contribution is 2.19. The molecule has 0 fully saturated rings. The number of nitrogens with two attached hydrogens (primary N) is 1. The minimum atomic E-state index is -3.65. The maximum absolute atomic E-state index is 11.9. The molecule has 1 rings (SSSR count). The first-order valence-electron chi connectivity index (χ1n) is 7.00. The van der Waals surface area contributed by atoms with Crippen LogP contribution in [0.3, 0.4) is 0 Å². The number of amides is 1. The van der Waals surface area contributed by atoms with Crippen molar-refractivity contribution in [2.24, 2.45) is 5.41 Å². The summed E-state index contributed by atoms with van der Waals surface area (Å²) in [6, 6.07) is 6.18. The van der Waals surface area contributed by atoms with Crippen molar-refractivity contribution in [3.05, 3.63) is 24.3 Å². The molecule has 6 N–H and O–H groups in total. The molecule has 0 bridgehead atoms. The van der Waals surface area contributed by atoms with Gasteiger partial charge >= 0.3 is 0 Å². The lowest BCUT2D eigenvalue weighted by atomic mass is 9.87. The van der Waals surface area contributed by atoms with E-state index in [4.69, 9.17) is 10.8 Å². The predicted molar refractivity (Wildman–Crippen MR) is 88.1 cm³/mol. The van der Waals surface area contributed by atoms with Gasteiger partial charge in [0.2, 0.25) is 15.9 Å². The van der Waals surface area contributed by atoms with Crippen LogP contribution in [0, 0.1) is 5.41 Å². The molecule has 0 saturated heterocycles. The number of hydrogen-bond donors (Lipinski definition) is 5. The molecule has 1 aromatic rings. The Hall–Kier alpha value is -1.84. The van der Waals surface area contributed by atoms with Crippen LogP contribution in [-0.4, -0.2) is 49.5 Å². The molecule has 130 valence electrons. The lowest BCUT2D eigenvalue weighted by Crippen LogP contribution is -2.46. The van der Waals surface area contributed by atoms with Gasteiger partial charge in [0, 0.05) is 23.3 Å². The Kier molecular flexibility index (Phi) is 6.37. The zero-order chi connectivity index (χ0) is 17.7. The summed E-state index contributed by atoms with van der Waals surface area (Å²) in [4.78, 5) is 11.7. The van der Waals surface area contributed by atoms with E-state index in [-0.39, 0.29) is 18.9 Å². The number of hydrogen-bond acceptors (Lipinski definition) is 6. The standard InChI is InChI=1S/C14H23N3O5S/c1-14(2,9-18)12(19)13(20)16-7-8-23(21,22)17-11-5-3-10(15)4-6-11/h3-6,12,17-19H,7-9,15H2,1-2H3,(H,16,20)/t12-/m0/s1. The molecule has 23 heavy (non-hydrogen) atoms. The van der Waals surface area contributed by atoms with Gasteiger partial charge in [0.15, 0.2) is 0 Å². The molecule has 0 spiro atoms. The van der Waals surface area contributed by atoms with Crippen LogP contribution in [0.1, 0.15) is 13.8 Å². The van der Waals surface area contributed by atoms with E-state index in [1.165, 1.54) is 26.0 Å². The molecular formula is C14H23N3O5S. The van der Waals surface area contributed by atoms with Crippen LogP contribution >= 0.6 is 0 Å². The molecule has 8 nitrogen and oxygen atoms in total. The van der Waals surface area contributed by atoms with Crippen LogP contribution in [0.5, 0.6) is 0 Å². The second kappa shape index (κ2) is 7.62. The third-order valence-corrected chi connectivity index (χ3v) is 4.54. The highest BCUT2D eigenvalue weighted by atomic mass is 32.2.